The second-order valence-corrected chi connectivity index (χ2v) is 7.49. The first-order valence-corrected chi connectivity index (χ1v) is 9.96. The van der Waals surface area contributed by atoms with Gasteiger partial charge in [-0.2, -0.15) is 0 Å². The molecule has 1 atom stereocenters. The van der Waals surface area contributed by atoms with E-state index in [1.165, 1.54) is 10.9 Å². The third-order valence-electron chi connectivity index (χ3n) is 5.75. The van der Waals surface area contributed by atoms with Gasteiger partial charge < -0.3 is 5.32 Å². The number of carbonyl (C=O) groups excluding carboxylic acids is 1. The number of benzene rings is 1. The summed E-state index contributed by atoms with van der Waals surface area (Å²) in [5, 5.41) is 4.24. The Labute approximate surface area is 165 Å². The predicted octanol–water partition coefficient (Wildman–Crippen LogP) is 3.72. The Balaban J connectivity index is 1.35. The smallest absolute Gasteiger partial charge is 0.223 e. The third-order valence-corrected chi connectivity index (χ3v) is 5.75. The molecule has 2 aromatic heterocycles. The van der Waals surface area contributed by atoms with Gasteiger partial charge in [0, 0.05) is 42.5 Å². The maximum absolute atomic E-state index is 12.5. The van der Waals surface area contributed by atoms with Gasteiger partial charge in [0.1, 0.15) is 0 Å². The molecule has 0 bridgehead atoms. The van der Waals surface area contributed by atoms with Gasteiger partial charge in [-0.25, -0.2) is 0 Å². The van der Waals surface area contributed by atoms with E-state index < -0.39 is 0 Å². The van der Waals surface area contributed by atoms with Crippen molar-refractivity contribution in [2.24, 2.45) is 5.92 Å². The Morgan fingerprint density at radius 2 is 1.93 bits per heavy atom. The Morgan fingerprint density at radius 1 is 1.14 bits per heavy atom. The summed E-state index contributed by atoms with van der Waals surface area (Å²) in [5.74, 6) is 0.244. The van der Waals surface area contributed by atoms with Crippen LogP contribution in [0.2, 0.25) is 0 Å². The fraction of sp³-hybridized carbons (Fsp3) is 0.348. The van der Waals surface area contributed by atoms with Gasteiger partial charge in [0.25, 0.3) is 0 Å². The number of likely N-dealkylation sites (tertiary alicyclic amines) is 1. The largest absolute Gasteiger partial charge is 0.352 e. The lowest BCUT2D eigenvalue weighted by atomic mass is 9.93. The SMILES string of the molecule is CC(c1cccc2cccnc12)N1CCC(C(=O)NCc2cccnc2)CC1. The molecule has 3 heterocycles. The average Bonchev–Trinajstić information content (AvgIpc) is 2.77. The number of nitrogens with one attached hydrogen (secondary N) is 1. The molecule has 28 heavy (non-hydrogen) atoms. The molecule has 1 amide bonds. The molecule has 4 rings (SSSR count). The third kappa shape index (κ3) is 4.04. The van der Waals surface area contributed by atoms with Crippen LogP contribution in [0.5, 0.6) is 0 Å². The lowest BCUT2D eigenvalue weighted by Gasteiger charge is -2.36. The van der Waals surface area contributed by atoms with Crippen molar-refractivity contribution in [3.8, 4) is 0 Å². The van der Waals surface area contributed by atoms with Gasteiger partial charge in [0.15, 0.2) is 0 Å². The lowest BCUT2D eigenvalue weighted by molar-refractivity contribution is -0.126. The van der Waals surface area contributed by atoms with Crippen LogP contribution in [0, 0.1) is 5.92 Å². The Morgan fingerprint density at radius 3 is 2.71 bits per heavy atom. The minimum absolute atomic E-state index is 0.0887. The maximum Gasteiger partial charge on any atom is 0.223 e. The van der Waals surface area contributed by atoms with E-state index in [0.717, 1.165) is 37.0 Å². The van der Waals surface area contributed by atoms with E-state index >= 15 is 0 Å². The highest BCUT2D eigenvalue weighted by molar-refractivity contribution is 5.82. The van der Waals surface area contributed by atoms with Gasteiger partial charge in [-0.1, -0.05) is 30.3 Å². The standard InChI is InChI=1S/C23H26N4O/c1-17(21-8-2-6-19-7-4-12-25-22(19)21)27-13-9-20(10-14-27)23(28)26-16-18-5-3-11-24-15-18/h2-8,11-12,15,17,20H,9-10,13-14,16H2,1H3,(H,26,28). The zero-order valence-corrected chi connectivity index (χ0v) is 16.2. The van der Waals surface area contributed by atoms with Crippen LogP contribution < -0.4 is 5.32 Å². The Bertz CT molecular complexity index is 930. The summed E-state index contributed by atoms with van der Waals surface area (Å²) in [6, 6.07) is 14.6. The summed E-state index contributed by atoms with van der Waals surface area (Å²) in [7, 11) is 0. The van der Waals surface area contributed by atoms with Gasteiger partial charge in [0.2, 0.25) is 5.91 Å². The van der Waals surface area contributed by atoms with E-state index in [0.29, 0.717) is 6.54 Å². The summed E-state index contributed by atoms with van der Waals surface area (Å²) < 4.78 is 0. The number of nitrogens with zero attached hydrogens (tertiary/aromatic N) is 3. The predicted molar refractivity (Wildman–Crippen MR) is 111 cm³/mol. The van der Waals surface area contributed by atoms with Crippen molar-refractivity contribution < 1.29 is 4.79 Å². The van der Waals surface area contributed by atoms with Crippen LogP contribution in [0.25, 0.3) is 10.9 Å². The molecule has 1 unspecified atom stereocenters. The van der Waals surface area contributed by atoms with Crippen molar-refractivity contribution in [3.63, 3.8) is 0 Å². The second-order valence-electron chi connectivity index (χ2n) is 7.49. The quantitative estimate of drug-likeness (QED) is 0.739. The lowest BCUT2D eigenvalue weighted by Crippen LogP contribution is -2.41. The molecule has 3 aromatic rings. The van der Waals surface area contributed by atoms with Gasteiger partial charge in [0.05, 0.1) is 5.52 Å². The van der Waals surface area contributed by atoms with Crippen LogP contribution in [-0.4, -0.2) is 33.9 Å². The minimum atomic E-state index is 0.0887. The maximum atomic E-state index is 12.5. The summed E-state index contributed by atoms with van der Waals surface area (Å²) in [4.78, 5) is 23.7. The van der Waals surface area contributed by atoms with E-state index in [4.69, 9.17) is 0 Å². The highest BCUT2D eigenvalue weighted by Gasteiger charge is 2.28. The van der Waals surface area contributed by atoms with Crippen molar-refractivity contribution >= 4 is 16.8 Å². The average molecular weight is 374 g/mol. The zero-order valence-electron chi connectivity index (χ0n) is 16.2. The molecule has 1 N–H and O–H groups in total. The van der Waals surface area contributed by atoms with Crippen molar-refractivity contribution in [1.82, 2.24) is 20.2 Å². The van der Waals surface area contributed by atoms with E-state index in [1.807, 2.05) is 24.4 Å². The molecule has 0 spiro atoms. The summed E-state index contributed by atoms with van der Waals surface area (Å²) in [6.45, 7) is 4.64. The number of amides is 1. The van der Waals surface area contributed by atoms with Crippen molar-refractivity contribution in [1.29, 1.82) is 0 Å². The van der Waals surface area contributed by atoms with Crippen LogP contribution in [0.3, 0.4) is 0 Å². The van der Waals surface area contributed by atoms with E-state index in [-0.39, 0.29) is 17.9 Å². The van der Waals surface area contributed by atoms with Crippen molar-refractivity contribution in [2.45, 2.75) is 32.4 Å². The number of hydrogen-bond donors (Lipinski definition) is 1. The fourth-order valence-corrected chi connectivity index (χ4v) is 4.05. The van der Waals surface area contributed by atoms with Crippen molar-refractivity contribution in [3.05, 3.63) is 72.2 Å². The molecule has 0 saturated carbocycles. The van der Waals surface area contributed by atoms with Gasteiger partial charge in [-0.3, -0.25) is 19.7 Å². The fourth-order valence-electron chi connectivity index (χ4n) is 4.05. The minimum Gasteiger partial charge on any atom is -0.352 e. The number of pyridine rings is 2. The summed E-state index contributed by atoms with van der Waals surface area (Å²) in [5.41, 5.74) is 3.37. The molecule has 0 radical (unpaired) electrons. The second kappa shape index (κ2) is 8.48. The van der Waals surface area contributed by atoms with Gasteiger partial charge >= 0.3 is 0 Å². The highest BCUT2D eigenvalue weighted by Crippen LogP contribution is 2.30. The molecule has 5 heteroatoms. The van der Waals surface area contributed by atoms with Crippen LogP contribution in [0.4, 0.5) is 0 Å². The first-order chi connectivity index (χ1) is 13.7. The van der Waals surface area contributed by atoms with E-state index in [9.17, 15) is 4.79 Å². The molecule has 5 nitrogen and oxygen atoms in total. The first kappa shape index (κ1) is 18.6. The van der Waals surface area contributed by atoms with E-state index in [1.54, 1.807) is 12.4 Å². The van der Waals surface area contributed by atoms with Crippen LogP contribution in [0.15, 0.2) is 61.1 Å². The Hall–Kier alpha value is -2.79. The first-order valence-electron chi connectivity index (χ1n) is 9.96. The number of hydrogen-bond acceptors (Lipinski definition) is 4. The van der Waals surface area contributed by atoms with Gasteiger partial charge in [-0.05, 0) is 56.1 Å². The normalized spacial score (nSPS) is 16.8. The van der Waals surface area contributed by atoms with Crippen molar-refractivity contribution in [2.75, 3.05) is 13.1 Å². The molecule has 1 fully saturated rings. The number of para-hydroxylation sites is 1. The Kier molecular flexibility index (Phi) is 5.63. The van der Waals surface area contributed by atoms with Crippen LogP contribution in [0.1, 0.15) is 36.9 Å². The van der Waals surface area contributed by atoms with E-state index in [2.05, 4.69) is 51.4 Å². The molecular formula is C23H26N4O. The highest BCUT2D eigenvalue weighted by atomic mass is 16.1. The topological polar surface area (TPSA) is 58.1 Å². The van der Waals surface area contributed by atoms with Crippen LogP contribution >= 0.6 is 0 Å². The number of carbonyl (C=O) groups is 1. The number of aromatic nitrogens is 2. The number of fused-ring (bicyclic) bond motifs is 1. The molecule has 1 aliphatic rings. The summed E-state index contributed by atoms with van der Waals surface area (Å²) in [6.07, 6.45) is 7.18. The molecule has 144 valence electrons. The number of rotatable bonds is 5. The summed E-state index contributed by atoms with van der Waals surface area (Å²) >= 11 is 0. The van der Waals surface area contributed by atoms with Crippen LogP contribution in [-0.2, 0) is 11.3 Å². The molecule has 1 aromatic carbocycles. The monoisotopic (exact) mass is 374 g/mol. The zero-order chi connectivity index (χ0) is 19.3. The molecular weight excluding hydrogens is 348 g/mol. The number of piperidine rings is 1. The molecule has 1 aliphatic heterocycles. The van der Waals surface area contributed by atoms with Gasteiger partial charge in [-0.15, -0.1) is 0 Å². The molecule has 1 saturated heterocycles. The molecule has 0 aliphatic carbocycles.